The van der Waals surface area contributed by atoms with Gasteiger partial charge < -0.3 is 15.7 Å². The van der Waals surface area contributed by atoms with Gasteiger partial charge in [-0.3, -0.25) is 0 Å². The van der Waals surface area contributed by atoms with E-state index in [0.29, 0.717) is 18.9 Å². The maximum Gasteiger partial charge on any atom is 0.314 e. The molecule has 1 atom stereocenters. The molecule has 1 unspecified atom stereocenters. The highest BCUT2D eigenvalue weighted by Gasteiger charge is 2.09. The van der Waals surface area contributed by atoms with E-state index in [9.17, 15) is 9.90 Å². The highest BCUT2D eigenvalue weighted by molar-refractivity contribution is 5.73. The van der Waals surface area contributed by atoms with Gasteiger partial charge in [0.2, 0.25) is 0 Å². The largest absolute Gasteiger partial charge is 0.391 e. The molecule has 0 aliphatic rings. The molecule has 1 rings (SSSR count). The molecule has 2 amide bonds. The molecule has 3 N–H and O–H groups in total. The molecular weight excluding hydrogens is 252 g/mol. The van der Waals surface area contributed by atoms with E-state index in [1.807, 2.05) is 30.3 Å². The van der Waals surface area contributed by atoms with Crippen molar-refractivity contribution in [3.8, 4) is 0 Å². The summed E-state index contributed by atoms with van der Waals surface area (Å²) in [4.78, 5) is 11.6. The Balaban J connectivity index is 2.20. The maximum atomic E-state index is 11.6. The van der Waals surface area contributed by atoms with E-state index < -0.39 is 6.10 Å². The molecule has 4 nitrogen and oxygen atoms in total. The summed E-state index contributed by atoms with van der Waals surface area (Å²) in [5.41, 5.74) is 1.07. The van der Waals surface area contributed by atoms with Crippen LogP contribution in [0, 0.1) is 5.92 Å². The van der Waals surface area contributed by atoms with E-state index in [1.54, 1.807) is 0 Å². The molecule has 1 aromatic carbocycles. The molecule has 0 heterocycles. The number of carbonyl (C=O) groups excluding carboxylic acids is 1. The van der Waals surface area contributed by atoms with Gasteiger partial charge in [0.1, 0.15) is 0 Å². The summed E-state index contributed by atoms with van der Waals surface area (Å²) in [6, 6.07) is 9.56. The van der Waals surface area contributed by atoms with Crippen LogP contribution in [-0.4, -0.2) is 30.3 Å². The van der Waals surface area contributed by atoms with E-state index in [0.717, 1.165) is 18.4 Å². The van der Waals surface area contributed by atoms with Crippen molar-refractivity contribution in [3.63, 3.8) is 0 Å². The summed E-state index contributed by atoms with van der Waals surface area (Å²) < 4.78 is 0. The number of hydrogen-bond acceptors (Lipinski definition) is 2. The van der Waals surface area contributed by atoms with Crippen LogP contribution in [0.15, 0.2) is 30.3 Å². The number of aliphatic hydroxyl groups is 1. The Hall–Kier alpha value is -1.55. The molecule has 0 aromatic heterocycles. The Morgan fingerprint density at radius 1 is 1.10 bits per heavy atom. The number of hydrogen-bond donors (Lipinski definition) is 3. The van der Waals surface area contributed by atoms with Crippen molar-refractivity contribution >= 4 is 6.03 Å². The lowest BCUT2D eigenvalue weighted by atomic mass is 10.0. The van der Waals surface area contributed by atoms with Crippen LogP contribution in [0.4, 0.5) is 4.79 Å². The van der Waals surface area contributed by atoms with Crippen LogP contribution in [0.2, 0.25) is 0 Å². The minimum absolute atomic E-state index is 0.205. The zero-order valence-electron chi connectivity index (χ0n) is 12.4. The standard InChI is InChI=1S/C16H26N2O2/c1-3-13(4-2)11-17-16(20)18-12-15(19)10-14-8-6-5-7-9-14/h5-9,13,15,19H,3-4,10-12H2,1-2H3,(H2,17,18,20). The predicted octanol–water partition coefficient (Wildman–Crippen LogP) is 2.33. The van der Waals surface area contributed by atoms with Crippen LogP contribution in [0.25, 0.3) is 0 Å². The maximum absolute atomic E-state index is 11.6. The number of aliphatic hydroxyl groups excluding tert-OH is 1. The Kier molecular flexibility index (Phi) is 7.73. The van der Waals surface area contributed by atoms with Crippen LogP contribution in [0.5, 0.6) is 0 Å². The Morgan fingerprint density at radius 3 is 2.30 bits per heavy atom. The summed E-state index contributed by atoms with van der Waals surface area (Å²) >= 11 is 0. The average Bonchev–Trinajstić information content (AvgIpc) is 2.47. The Labute approximate surface area is 121 Å². The van der Waals surface area contributed by atoms with Crippen molar-refractivity contribution in [3.05, 3.63) is 35.9 Å². The van der Waals surface area contributed by atoms with E-state index >= 15 is 0 Å². The molecule has 0 saturated carbocycles. The van der Waals surface area contributed by atoms with Gasteiger partial charge in [-0.25, -0.2) is 4.79 Å². The van der Waals surface area contributed by atoms with E-state index in [2.05, 4.69) is 24.5 Å². The first-order chi connectivity index (χ1) is 9.65. The summed E-state index contributed by atoms with van der Waals surface area (Å²) in [6.07, 6.45) is 2.12. The van der Waals surface area contributed by atoms with E-state index in [4.69, 9.17) is 0 Å². The summed E-state index contributed by atoms with van der Waals surface area (Å²) in [6.45, 7) is 5.20. The van der Waals surface area contributed by atoms with Gasteiger partial charge in [-0.1, -0.05) is 57.0 Å². The first-order valence-corrected chi connectivity index (χ1v) is 7.39. The molecule has 112 valence electrons. The minimum Gasteiger partial charge on any atom is -0.391 e. The zero-order valence-corrected chi connectivity index (χ0v) is 12.4. The lowest BCUT2D eigenvalue weighted by Crippen LogP contribution is -2.41. The molecule has 0 radical (unpaired) electrons. The quantitative estimate of drug-likeness (QED) is 0.683. The van der Waals surface area contributed by atoms with Gasteiger partial charge in [-0.15, -0.1) is 0 Å². The molecule has 0 bridgehead atoms. The van der Waals surface area contributed by atoms with Gasteiger partial charge in [0.05, 0.1) is 6.10 Å². The number of amides is 2. The lowest BCUT2D eigenvalue weighted by molar-refractivity contribution is 0.170. The fourth-order valence-electron chi connectivity index (χ4n) is 2.05. The van der Waals surface area contributed by atoms with E-state index in [1.165, 1.54) is 0 Å². The lowest BCUT2D eigenvalue weighted by Gasteiger charge is -2.15. The molecule has 0 spiro atoms. The molecule has 4 heteroatoms. The number of rotatable bonds is 8. The molecule has 20 heavy (non-hydrogen) atoms. The van der Waals surface area contributed by atoms with Crippen molar-refractivity contribution < 1.29 is 9.90 Å². The zero-order chi connectivity index (χ0) is 14.8. The summed E-state index contributed by atoms with van der Waals surface area (Å²) in [7, 11) is 0. The second kappa shape index (κ2) is 9.37. The Morgan fingerprint density at radius 2 is 1.70 bits per heavy atom. The van der Waals surface area contributed by atoms with Gasteiger partial charge in [0.25, 0.3) is 0 Å². The first kappa shape index (κ1) is 16.5. The van der Waals surface area contributed by atoms with Crippen LogP contribution >= 0.6 is 0 Å². The first-order valence-electron chi connectivity index (χ1n) is 7.39. The van der Waals surface area contributed by atoms with Crippen LogP contribution in [-0.2, 0) is 6.42 Å². The third-order valence-electron chi connectivity index (χ3n) is 3.52. The minimum atomic E-state index is -0.559. The topological polar surface area (TPSA) is 61.4 Å². The van der Waals surface area contributed by atoms with Gasteiger partial charge >= 0.3 is 6.03 Å². The number of urea groups is 1. The monoisotopic (exact) mass is 278 g/mol. The SMILES string of the molecule is CCC(CC)CNC(=O)NCC(O)Cc1ccccc1. The average molecular weight is 278 g/mol. The predicted molar refractivity (Wildman–Crippen MR) is 81.6 cm³/mol. The molecule has 0 saturated heterocycles. The third-order valence-corrected chi connectivity index (χ3v) is 3.52. The van der Waals surface area contributed by atoms with Crippen molar-refractivity contribution in [1.29, 1.82) is 0 Å². The second-order valence-electron chi connectivity index (χ2n) is 5.12. The smallest absolute Gasteiger partial charge is 0.314 e. The van der Waals surface area contributed by atoms with Crippen molar-refractivity contribution in [2.75, 3.05) is 13.1 Å². The molecule has 0 aliphatic carbocycles. The van der Waals surface area contributed by atoms with Crippen LogP contribution in [0.3, 0.4) is 0 Å². The number of nitrogens with one attached hydrogen (secondary N) is 2. The molecular formula is C16H26N2O2. The number of carbonyl (C=O) groups is 1. The van der Waals surface area contributed by atoms with Gasteiger partial charge in [-0.2, -0.15) is 0 Å². The summed E-state index contributed by atoms with van der Waals surface area (Å²) in [5.74, 6) is 0.523. The highest BCUT2D eigenvalue weighted by atomic mass is 16.3. The number of benzene rings is 1. The highest BCUT2D eigenvalue weighted by Crippen LogP contribution is 2.05. The summed E-state index contributed by atoms with van der Waals surface area (Å²) in [5, 5.41) is 15.4. The molecule has 0 fully saturated rings. The third kappa shape index (κ3) is 6.57. The van der Waals surface area contributed by atoms with E-state index in [-0.39, 0.29) is 12.6 Å². The normalized spacial score (nSPS) is 12.2. The van der Waals surface area contributed by atoms with Gasteiger partial charge in [0.15, 0.2) is 0 Å². The fraction of sp³-hybridized carbons (Fsp3) is 0.562. The second-order valence-corrected chi connectivity index (χ2v) is 5.12. The van der Waals surface area contributed by atoms with Gasteiger partial charge in [0, 0.05) is 19.5 Å². The fourth-order valence-corrected chi connectivity index (χ4v) is 2.05. The molecule has 0 aliphatic heterocycles. The Bertz CT molecular complexity index is 377. The van der Waals surface area contributed by atoms with Crippen LogP contribution in [0.1, 0.15) is 32.3 Å². The van der Waals surface area contributed by atoms with Crippen LogP contribution < -0.4 is 10.6 Å². The van der Waals surface area contributed by atoms with Crippen molar-refractivity contribution in [1.82, 2.24) is 10.6 Å². The van der Waals surface area contributed by atoms with Crippen molar-refractivity contribution in [2.45, 2.75) is 39.2 Å². The molecule has 1 aromatic rings. The van der Waals surface area contributed by atoms with Gasteiger partial charge in [-0.05, 0) is 11.5 Å². The van der Waals surface area contributed by atoms with Crippen molar-refractivity contribution in [2.24, 2.45) is 5.92 Å².